The number of rotatable bonds is 6. The van der Waals surface area contributed by atoms with Crippen molar-refractivity contribution in [1.82, 2.24) is 10.6 Å². The van der Waals surface area contributed by atoms with Gasteiger partial charge >= 0.3 is 0 Å². The van der Waals surface area contributed by atoms with Gasteiger partial charge in [-0.15, -0.1) is 0 Å². The quantitative estimate of drug-likeness (QED) is 0.774. The summed E-state index contributed by atoms with van der Waals surface area (Å²) in [5.74, 6) is -0.121. The average molecular weight is 266 g/mol. The van der Waals surface area contributed by atoms with E-state index < -0.39 is 0 Å². The minimum atomic E-state index is -0.121. The van der Waals surface area contributed by atoms with E-state index in [9.17, 15) is 4.79 Å². The van der Waals surface area contributed by atoms with Gasteiger partial charge < -0.3 is 10.6 Å². The van der Waals surface area contributed by atoms with Crippen LogP contribution in [-0.4, -0.2) is 19.0 Å². The van der Waals surface area contributed by atoms with E-state index in [0.29, 0.717) is 18.0 Å². The molecule has 0 aromatic heterocycles. The molecule has 96 valence electrons. The van der Waals surface area contributed by atoms with Crippen LogP contribution in [0.25, 0.3) is 0 Å². The number of benzene rings is 1. The zero-order valence-corrected chi connectivity index (χ0v) is 11.0. The van der Waals surface area contributed by atoms with Crippen LogP contribution < -0.4 is 10.6 Å². The fourth-order valence-corrected chi connectivity index (χ4v) is 1.80. The van der Waals surface area contributed by atoms with Crippen molar-refractivity contribution in [2.75, 3.05) is 13.1 Å². The highest BCUT2D eigenvalue weighted by atomic mass is 35.5. The molecule has 0 aliphatic heterocycles. The Hall–Kier alpha value is -1.57. The number of amides is 1. The molecule has 0 heterocycles. The molecule has 0 radical (unpaired) electrons. The van der Waals surface area contributed by atoms with E-state index in [-0.39, 0.29) is 18.5 Å². The fourth-order valence-electron chi connectivity index (χ4n) is 1.50. The molecule has 1 aromatic rings. The molecule has 1 amide bonds. The monoisotopic (exact) mass is 265 g/mol. The van der Waals surface area contributed by atoms with Crippen molar-refractivity contribution in [3.63, 3.8) is 0 Å². The van der Waals surface area contributed by atoms with Gasteiger partial charge in [0.2, 0.25) is 5.91 Å². The van der Waals surface area contributed by atoms with E-state index in [1.807, 2.05) is 37.3 Å². The van der Waals surface area contributed by atoms with Gasteiger partial charge in [-0.05, 0) is 18.6 Å². The molecule has 0 fully saturated rings. The molecule has 1 atom stereocenters. The van der Waals surface area contributed by atoms with Crippen molar-refractivity contribution >= 4 is 17.5 Å². The summed E-state index contributed by atoms with van der Waals surface area (Å²) in [5, 5.41) is 14.8. The van der Waals surface area contributed by atoms with Crippen molar-refractivity contribution in [1.29, 1.82) is 5.26 Å². The van der Waals surface area contributed by atoms with E-state index in [4.69, 9.17) is 16.9 Å². The molecule has 0 bridgehead atoms. The molecule has 1 rings (SSSR count). The molecule has 0 spiro atoms. The maximum atomic E-state index is 11.4. The standard InChI is InChI=1S/C13H16ClN3O/c1-10(11-5-2-3-6-12(11)14)17-9-13(18)16-8-4-7-15/h2-3,5-6,10,17H,4,8-9H2,1H3,(H,16,18)/t10-/m1/s1. The number of nitriles is 1. The Kier molecular flexibility index (Phi) is 6.20. The number of hydrogen-bond acceptors (Lipinski definition) is 3. The summed E-state index contributed by atoms with van der Waals surface area (Å²) in [4.78, 5) is 11.4. The molecule has 1 aromatic carbocycles. The SMILES string of the molecule is C[C@@H](NCC(=O)NCCC#N)c1ccccc1Cl. The Morgan fingerprint density at radius 3 is 2.89 bits per heavy atom. The lowest BCUT2D eigenvalue weighted by Crippen LogP contribution is -2.35. The van der Waals surface area contributed by atoms with Gasteiger partial charge in [0.1, 0.15) is 0 Å². The van der Waals surface area contributed by atoms with Gasteiger partial charge in [0.15, 0.2) is 0 Å². The normalized spacial score (nSPS) is 11.6. The van der Waals surface area contributed by atoms with Crippen LogP contribution >= 0.6 is 11.6 Å². The average Bonchev–Trinajstić information content (AvgIpc) is 2.37. The summed E-state index contributed by atoms with van der Waals surface area (Å²) < 4.78 is 0. The third-order valence-corrected chi connectivity index (χ3v) is 2.84. The van der Waals surface area contributed by atoms with Gasteiger partial charge in [-0.2, -0.15) is 5.26 Å². The second-order valence-corrected chi connectivity index (χ2v) is 4.29. The smallest absolute Gasteiger partial charge is 0.234 e. The molecular formula is C13H16ClN3O. The molecule has 4 nitrogen and oxygen atoms in total. The summed E-state index contributed by atoms with van der Waals surface area (Å²) in [6.07, 6.45) is 0.325. The summed E-state index contributed by atoms with van der Waals surface area (Å²) in [6, 6.07) is 9.49. The lowest BCUT2D eigenvalue weighted by molar-refractivity contribution is -0.120. The second-order valence-electron chi connectivity index (χ2n) is 3.88. The Labute approximate surface area is 112 Å². The number of halogens is 1. The first-order valence-electron chi connectivity index (χ1n) is 5.76. The Morgan fingerprint density at radius 1 is 1.50 bits per heavy atom. The van der Waals surface area contributed by atoms with E-state index in [0.717, 1.165) is 5.56 Å². The van der Waals surface area contributed by atoms with Crippen molar-refractivity contribution in [3.05, 3.63) is 34.9 Å². The fraction of sp³-hybridized carbons (Fsp3) is 0.385. The molecule has 0 saturated carbocycles. The van der Waals surface area contributed by atoms with Crippen LogP contribution in [0.3, 0.4) is 0 Å². The molecule has 5 heteroatoms. The summed E-state index contributed by atoms with van der Waals surface area (Å²) in [7, 11) is 0. The van der Waals surface area contributed by atoms with Crippen LogP contribution in [0, 0.1) is 11.3 Å². The van der Waals surface area contributed by atoms with Crippen LogP contribution in [0.1, 0.15) is 24.9 Å². The third-order valence-electron chi connectivity index (χ3n) is 2.50. The zero-order valence-electron chi connectivity index (χ0n) is 10.2. The van der Waals surface area contributed by atoms with Gasteiger partial charge in [0, 0.05) is 17.6 Å². The highest BCUT2D eigenvalue weighted by molar-refractivity contribution is 6.31. The maximum Gasteiger partial charge on any atom is 0.234 e. The number of carbonyl (C=O) groups excluding carboxylic acids is 1. The van der Waals surface area contributed by atoms with Crippen molar-refractivity contribution < 1.29 is 4.79 Å². The number of carbonyl (C=O) groups is 1. The van der Waals surface area contributed by atoms with Gasteiger partial charge in [0.25, 0.3) is 0 Å². The van der Waals surface area contributed by atoms with Crippen LogP contribution in [0.4, 0.5) is 0 Å². The zero-order chi connectivity index (χ0) is 13.4. The minimum Gasteiger partial charge on any atom is -0.354 e. The molecule has 0 aliphatic carbocycles. The Balaban J connectivity index is 2.38. The summed E-state index contributed by atoms with van der Waals surface area (Å²) >= 11 is 6.06. The number of nitrogens with one attached hydrogen (secondary N) is 2. The molecule has 0 unspecified atom stereocenters. The van der Waals surface area contributed by atoms with Gasteiger partial charge in [0.05, 0.1) is 19.0 Å². The molecular weight excluding hydrogens is 250 g/mol. The largest absolute Gasteiger partial charge is 0.354 e. The first kappa shape index (κ1) is 14.5. The minimum absolute atomic E-state index is 0.000386. The van der Waals surface area contributed by atoms with E-state index >= 15 is 0 Å². The molecule has 2 N–H and O–H groups in total. The predicted octanol–water partition coefficient (Wildman–Crippen LogP) is 2.02. The van der Waals surface area contributed by atoms with Crippen molar-refractivity contribution in [3.8, 4) is 6.07 Å². The van der Waals surface area contributed by atoms with E-state index in [2.05, 4.69) is 10.6 Å². The second kappa shape index (κ2) is 7.70. The van der Waals surface area contributed by atoms with Crippen molar-refractivity contribution in [2.45, 2.75) is 19.4 Å². The maximum absolute atomic E-state index is 11.4. The van der Waals surface area contributed by atoms with Crippen LogP contribution in [0.5, 0.6) is 0 Å². The lowest BCUT2D eigenvalue weighted by Gasteiger charge is -2.15. The molecule has 0 saturated heterocycles. The highest BCUT2D eigenvalue weighted by Gasteiger charge is 2.09. The topological polar surface area (TPSA) is 64.9 Å². The first-order chi connectivity index (χ1) is 8.65. The number of hydrogen-bond donors (Lipinski definition) is 2. The Bertz CT molecular complexity index is 442. The van der Waals surface area contributed by atoms with Gasteiger partial charge in [-0.3, -0.25) is 4.79 Å². The summed E-state index contributed by atoms with van der Waals surface area (Å²) in [6.45, 7) is 2.54. The number of nitrogens with zero attached hydrogens (tertiary/aromatic N) is 1. The molecule has 18 heavy (non-hydrogen) atoms. The van der Waals surface area contributed by atoms with Crippen molar-refractivity contribution in [2.24, 2.45) is 0 Å². The lowest BCUT2D eigenvalue weighted by atomic mass is 10.1. The third kappa shape index (κ3) is 4.74. The van der Waals surface area contributed by atoms with Gasteiger partial charge in [-0.1, -0.05) is 29.8 Å². The van der Waals surface area contributed by atoms with E-state index in [1.54, 1.807) is 0 Å². The Morgan fingerprint density at radius 2 is 2.22 bits per heavy atom. The first-order valence-corrected chi connectivity index (χ1v) is 6.14. The van der Waals surface area contributed by atoms with Crippen LogP contribution in [0.15, 0.2) is 24.3 Å². The van der Waals surface area contributed by atoms with Gasteiger partial charge in [-0.25, -0.2) is 0 Å². The van der Waals surface area contributed by atoms with Crippen LogP contribution in [0.2, 0.25) is 5.02 Å². The van der Waals surface area contributed by atoms with Crippen LogP contribution in [-0.2, 0) is 4.79 Å². The highest BCUT2D eigenvalue weighted by Crippen LogP contribution is 2.21. The summed E-state index contributed by atoms with van der Waals surface area (Å²) in [5.41, 5.74) is 0.962. The molecule has 0 aliphatic rings. The van der Waals surface area contributed by atoms with E-state index in [1.165, 1.54) is 0 Å². The predicted molar refractivity (Wildman–Crippen MR) is 71.1 cm³/mol.